The second-order valence-corrected chi connectivity index (χ2v) is 15.4. The quantitative estimate of drug-likeness (QED) is 0.153. The Kier molecular flexibility index (Phi) is 9.45. The van der Waals surface area contributed by atoms with Gasteiger partial charge in [-0.05, 0) is 59.7 Å². The molecular formula is C57H36N6. The zero-order chi connectivity index (χ0) is 42.1. The molecule has 0 N–H and O–H groups in total. The highest BCUT2D eigenvalue weighted by Crippen LogP contribution is 2.41. The van der Waals surface area contributed by atoms with E-state index >= 15 is 0 Å². The molecule has 6 heteroatoms. The van der Waals surface area contributed by atoms with Crippen LogP contribution >= 0.6 is 0 Å². The molecule has 0 fully saturated rings. The second-order valence-electron chi connectivity index (χ2n) is 15.4. The number of nitriles is 1. The molecule has 0 spiro atoms. The number of fused-ring (bicyclic) bond motifs is 3. The average molecular weight is 805 g/mol. The SMILES string of the molecule is N#Cc1ccc(-c2ccc3c4ccccc4n(-c4ccc(-c5cc(-c6ccccc6)nc(-c6ccccc6)n5)cc4-c4cc(-c5ccccc5)nc(-c5ccccc5)n4)c3c2)cc1. The smallest absolute Gasteiger partial charge is 0.160 e. The maximum absolute atomic E-state index is 9.52. The van der Waals surface area contributed by atoms with Crippen molar-refractivity contribution in [3.05, 3.63) is 224 Å². The third-order valence-corrected chi connectivity index (χ3v) is 11.5. The number of para-hydroxylation sites is 1. The summed E-state index contributed by atoms with van der Waals surface area (Å²) >= 11 is 0. The summed E-state index contributed by atoms with van der Waals surface area (Å²) in [5.74, 6) is 1.28. The van der Waals surface area contributed by atoms with Crippen LogP contribution in [0.2, 0.25) is 0 Å². The molecule has 0 saturated carbocycles. The molecule has 63 heavy (non-hydrogen) atoms. The van der Waals surface area contributed by atoms with Crippen molar-refractivity contribution in [3.63, 3.8) is 0 Å². The van der Waals surface area contributed by atoms with Crippen LogP contribution in [0.3, 0.4) is 0 Å². The molecule has 8 aromatic carbocycles. The Morgan fingerprint density at radius 1 is 0.333 bits per heavy atom. The van der Waals surface area contributed by atoms with Gasteiger partial charge in [0.2, 0.25) is 0 Å². The van der Waals surface area contributed by atoms with E-state index in [4.69, 9.17) is 19.9 Å². The van der Waals surface area contributed by atoms with Gasteiger partial charge >= 0.3 is 0 Å². The van der Waals surface area contributed by atoms with Crippen molar-refractivity contribution >= 4 is 21.8 Å². The van der Waals surface area contributed by atoms with Crippen LogP contribution in [0, 0.1) is 11.3 Å². The largest absolute Gasteiger partial charge is 0.309 e. The number of aromatic nitrogens is 5. The van der Waals surface area contributed by atoms with E-state index < -0.39 is 0 Å². The third kappa shape index (κ3) is 7.10. The fraction of sp³-hybridized carbons (Fsp3) is 0. The lowest BCUT2D eigenvalue weighted by atomic mass is 9.99. The lowest BCUT2D eigenvalue weighted by Crippen LogP contribution is -2.02. The third-order valence-electron chi connectivity index (χ3n) is 11.5. The van der Waals surface area contributed by atoms with Crippen LogP contribution in [-0.2, 0) is 0 Å². The molecule has 0 aliphatic heterocycles. The monoisotopic (exact) mass is 804 g/mol. The Hall–Kier alpha value is -8.79. The van der Waals surface area contributed by atoms with Crippen LogP contribution in [0.25, 0.3) is 106 Å². The molecular weight excluding hydrogens is 769 g/mol. The molecule has 0 bridgehead atoms. The molecule has 0 radical (unpaired) electrons. The summed E-state index contributed by atoms with van der Waals surface area (Å²) in [7, 11) is 0. The maximum atomic E-state index is 9.52. The van der Waals surface area contributed by atoms with Gasteiger partial charge in [0, 0.05) is 44.2 Å². The number of nitrogens with zero attached hydrogens (tertiary/aromatic N) is 6. The Bertz CT molecular complexity index is 3370. The summed E-state index contributed by atoms with van der Waals surface area (Å²) in [6.07, 6.45) is 0. The van der Waals surface area contributed by atoms with Gasteiger partial charge in [0.1, 0.15) is 0 Å². The predicted octanol–water partition coefficient (Wildman–Crippen LogP) is 13.9. The molecule has 0 aliphatic carbocycles. The Morgan fingerprint density at radius 3 is 1.38 bits per heavy atom. The van der Waals surface area contributed by atoms with Gasteiger partial charge in [0.25, 0.3) is 0 Å². The highest BCUT2D eigenvalue weighted by molar-refractivity contribution is 6.11. The van der Waals surface area contributed by atoms with Gasteiger partial charge in [0.05, 0.1) is 51.1 Å². The molecule has 0 unspecified atom stereocenters. The topological polar surface area (TPSA) is 80.3 Å². The number of hydrogen-bond donors (Lipinski definition) is 0. The first kappa shape index (κ1) is 37.2. The number of rotatable bonds is 8. The second kappa shape index (κ2) is 16.0. The molecule has 0 atom stereocenters. The van der Waals surface area contributed by atoms with Gasteiger partial charge in [0.15, 0.2) is 11.6 Å². The number of benzene rings is 8. The van der Waals surface area contributed by atoms with Gasteiger partial charge in [-0.1, -0.05) is 170 Å². The highest BCUT2D eigenvalue weighted by Gasteiger charge is 2.21. The summed E-state index contributed by atoms with van der Waals surface area (Å²) in [4.78, 5) is 20.9. The Labute approximate surface area is 364 Å². The lowest BCUT2D eigenvalue weighted by Gasteiger charge is -2.17. The van der Waals surface area contributed by atoms with E-state index in [9.17, 15) is 5.26 Å². The van der Waals surface area contributed by atoms with Gasteiger partial charge in [-0.2, -0.15) is 5.26 Å². The van der Waals surface area contributed by atoms with Crippen molar-refractivity contribution in [2.75, 3.05) is 0 Å². The molecule has 0 saturated heterocycles. The van der Waals surface area contributed by atoms with E-state index in [-0.39, 0.29) is 0 Å². The van der Waals surface area contributed by atoms with Crippen molar-refractivity contribution in [1.29, 1.82) is 5.26 Å². The van der Waals surface area contributed by atoms with Crippen molar-refractivity contribution in [3.8, 4) is 90.7 Å². The molecule has 11 rings (SSSR count). The predicted molar refractivity (Wildman–Crippen MR) is 255 cm³/mol. The van der Waals surface area contributed by atoms with E-state index in [0.29, 0.717) is 17.2 Å². The summed E-state index contributed by atoms with van der Waals surface area (Å²) in [6.45, 7) is 0. The number of hydrogen-bond acceptors (Lipinski definition) is 5. The molecule has 0 amide bonds. The van der Waals surface area contributed by atoms with Crippen molar-refractivity contribution < 1.29 is 0 Å². The van der Waals surface area contributed by atoms with E-state index in [2.05, 4.69) is 120 Å². The van der Waals surface area contributed by atoms with Gasteiger partial charge in [-0.3, -0.25) is 0 Å². The molecule has 3 aromatic heterocycles. The van der Waals surface area contributed by atoms with Crippen LogP contribution in [-0.4, -0.2) is 24.5 Å². The Balaban J connectivity index is 1.20. The first-order valence-corrected chi connectivity index (χ1v) is 20.9. The fourth-order valence-electron chi connectivity index (χ4n) is 8.37. The zero-order valence-corrected chi connectivity index (χ0v) is 34.0. The van der Waals surface area contributed by atoms with E-state index in [1.54, 1.807) is 0 Å². The van der Waals surface area contributed by atoms with Crippen LogP contribution in [0.5, 0.6) is 0 Å². The summed E-state index contributed by atoms with van der Waals surface area (Å²) in [5, 5.41) is 11.8. The first-order chi connectivity index (χ1) is 31.2. The van der Waals surface area contributed by atoms with Gasteiger partial charge in [-0.25, -0.2) is 19.9 Å². The summed E-state index contributed by atoms with van der Waals surface area (Å²) in [6, 6.07) is 76.8. The zero-order valence-electron chi connectivity index (χ0n) is 34.0. The van der Waals surface area contributed by atoms with Crippen LogP contribution < -0.4 is 0 Å². The van der Waals surface area contributed by atoms with E-state index in [0.717, 1.165) is 94.8 Å². The normalized spacial score (nSPS) is 11.2. The van der Waals surface area contributed by atoms with E-state index in [1.807, 2.05) is 109 Å². The average Bonchev–Trinajstić information content (AvgIpc) is 3.70. The summed E-state index contributed by atoms with van der Waals surface area (Å²) < 4.78 is 2.36. The lowest BCUT2D eigenvalue weighted by molar-refractivity contribution is 1.15. The molecule has 294 valence electrons. The summed E-state index contributed by atoms with van der Waals surface area (Å²) in [5.41, 5.74) is 14.7. The van der Waals surface area contributed by atoms with Crippen molar-refractivity contribution in [1.82, 2.24) is 24.5 Å². The Morgan fingerprint density at radius 2 is 0.794 bits per heavy atom. The minimum Gasteiger partial charge on any atom is -0.309 e. The molecule has 0 aliphatic rings. The van der Waals surface area contributed by atoms with Crippen LogP contribution in [0.4, 0.5) is 0 Å². The van der Waals surface area contributed by atoms with Crippen LogP contribution in [0.1, 0.15) is 5.56 Å². The van der Waals surface area contributed by atoms with Crippen LogP contribution in [0.15, 0.2) is 218 Å². The minimum atomic E-state index is 0.628. The van der Waals surface area contributed by atoms with Gasteiger partial charge in [-0.15, -0.1) is 0 Å². The maximum Gasteiger partial charge on any atom is 0.160 e. The highest BCUT2D eigenvalue weighted by atomic mass is 15.0. The minimum absolute atomic E-state index is 0.628. The first-order valence-electron chi connectivity index (χ1n) is 20.9. The van der Waals surface area contributed by atoms with Gasteiger partial charge < -0.3 is 4.57 Å². The standard InChI is InChI=1S/C57H36N6/c58-37-38-25-27-39(28-26-38)44-29-31-47-46-23-13-14-24-53(46)63(55(47)34-44)54-32-30-45(51-35-49(40-15-5-1-6-16-40)59-56(61-51)42-19-9-3-10-20-42)33-48(54)52-36-50(41-17-7-2-8-18-41)60-57(62-52)43-21-11-4-12-22-43/h1-36H. The van der Waals surface area contributed by atoms with Crippen molar-refractivity contribution in [2.24, 2.45) is 0 Å². The molecule has 6 nitrogen and oxygen atoms in total. The molecule has 11 aromatic rings. The van der Waals surface area contributed by atoms with E-state index in [1.165, 1.54) is 0 Å². The van der Waals surface area contributed by atoms with Crippen molar-refractivity contribution in [2.45, 2.75) is 0 Å². The molecule has 3 heterocycles. The fourth-order valence-corrected chi connectivity index (χ4v) is 8.37.